The molecule has 1 amide bonds. The third-order valence-electron chi connectivity index (χ3n) is 2.80. The van der Waals surface area contributed by atoms with E-state index < -0.39 is 0 Å². The Morgan fingerprint density at radius 1 is 1.62 bits per heavy atom. The molecule has 1 atom stereocenters. The molecule has 1 aromatic heterocycles. The number of hydrogen-bond acceptors (Lipinski definition) is 3. The molecule has 1 aromatic rings. The van der Waals surface area contributed by atoms with Crippen molar-refractivity contribution in [2.45, 2.75) is 25.8 Å². The first kappa shape index (κ1) is 11.6. The molecular weight excluding hydrogens is 220 g/mol. The van der Waals surface area contributed by atoms with Gasteiger partial charge in [0.15, 0.2) is 0 Å². The summed E-state index contributed by atoms with van der Waals surface area (Å²) < 4.78 is 0. The average Bonchev–Trinajstić information content (AvgIpc) is 2.94. The molecule has 0 aliphatic heterocycles. The first-order chi connectivity index (χ1) is 7.81. The van der Waals surface area contributed by atoms with Crippen LogP contribution in [0.2, 0.25) is 0 Å². The fraction of sp³-hybridized carbons (Fsp3) is 0.583. The molecule has 3 nitrogen and oxygen atoms in total. The maximum absolute atomic E-state index is 11.4. The van der Waals surface area contributed by atoms with E-state index in [0.717, 1.165) is 5.92 Å². The maximum Gasteiger partial charge on any atom is 0.233 e. The Morgan fingerprint density at radius 3 is 3.00 bits per heavy atom. The fourth-order valence-corrected chi connectivity index (χ4v) is 2.75. The van der Waals surface area contributed by atoms with Crippen LogP contribution in [0.5, 0.6) is 0 Å². The van der Waals surface area contributed by atoms with Gasteiger partial charge in [0, 0.05) is 17.5 Å². The fourth-order valence-electron chi connectivity index (χ4n) is 1.86. The van der Waals surface area contributed by atoms with Gasteiger partial charge in [-0.1, -0.05) is 6.07 Å². The van der Waals surface area contributed by atoms with E-state index in [1.54, 1.807) is 11.3 Å². The number of rotatable bonds is 6. The largest absolute Gasteiger partial charge is 0.355 e. The molecule has 1 fully saturated rings. The number of amides is 1. The molecule has 2 rings (SSSR count). The van der Waals surface area contributed by atoms with Gasteiger partial charge in [0.05, 0.1) is 6.54 Å². The molecule has 88 valence electrons. The average molecular weight is 238 g/mol. The van der Waals surface area contributed by atoms with Crippen molar-refractivity contribution < 1.29 is 4.79 Å². The number of thiophene rings is 1. The second-order valence-electron chi connectivity index (χ2n) is 4.16. The molecule has 0 radical (unpaired) electrons. The zero-order valence-corrected chi connectivity index (χ0v) is 10.3. The van der Waals surface area contributed by atoms with E-state index in [1.807, 2.05) is 6.92 Å². The number of nitrogens with one attached hydrogen (secondary N) is 2. The highest BCUT2D eigenvalue weighted by Crippen LogP contribution is 2.42. The Labute approximate surface area is 100 Å². The topological polar surface area (TPSA) is 41.1 Å². The Kier molecular flexibility index (Phi) is 3.96. The van der Waals surface area contributed by atoms with Crippen LogP contribution in [0.3, 0.4) is 0 Å². The lowest BCUT2D eigenvalue weighted by atomic mass is 10.1. The summed E-state index contributed by atoms with van der Waals surface area (Å²) in [4.78, 5) is 12.7. The van der Waals surface area contributed by atoms with Crippen LogP contribution in [0.1, 0.15) is 30.7 Å². The lowest BCUT2D eigenvalue weighted by molar-refractivity contribution is -0.120. The van der Waals surface area contributed by atoms with Gasteiger partial charge in [0.2, 0.25) is 5.91 Å². The van der Waals surface area contributed by atoms with Crippen molar-refractivity contribution in [3.8, 4) is 0 Å². The van der Waals surface area contributed by atoms with E-state index in [1.165, 1.54) is 17.7 Å². The van der Waals surface area contributed by atoms with Crippen LogP contribution in [0.25, 0.3) is 0 Å². The van der Waals surface area contributed by atoms with Crippen LogP contribution in [0.15, 0.2) is 17.5 Å². The van der Waals surface area contributed by atoms with Crippen molar-refractivity contribution in [2.75, 3.05) is 13.1 Å². The van der Waals surface area contributed by atoms with Crippen molar-refractivity contribution in [1.82, 2.24) is 10.6 Å². The Morgan fingerprint density at radius 2 is 2.44 bits per heavy atom. The molecule has 0 saturated heterocycles. The minimum atomic E-state index is 0.0877. The highest BCUT2D eigenvalue weighted by Gasteiger charge is 2.32. The van der Waals surface area contributed by atoms with E-state index in [9.17, 15) is 4.79 Å². The van der Waals surface area contributed by atoms with Gasteiger partial charge in [-0.3, -0.25) is 4.79 Å². The molecule has 1 saturated carbocycles. The van der Waals surface area contributed by atoms with Crippen molar-refractivity contribution in [2.24, 2.45) is 5.92 Å². The SMILES string of the molecule is CCNC(=O)CNC(c1cccs1)C1CC1. The molecule has 4 heteroatoms. The van der Waals surface area contributed by atoms with Crippen molar-refractivity contribution >= 4 is 17.2 Å². The van der Waals surface area contributed by atoms with Gasteiger partial charge in [-0.25, -0.2) is 0 Å². The summed E-state index contributed by atoms with van der Waals surface area (Å²) in [5, 5.41) is 8.27. The van der Waals surface area contributed by atoms with Gasteiger partial charge in [-0.15, -0.1) is 11.3 Å². The lowest BCUT2D eigenvalue weighted by Crippen LogP contribution is -2.36. The Hall–Kier alpha value is -0.870. The van der Waals surface area contributed by atoms with E-state index >= 15 is 0 Å². The molecule has 2 N–H and O–H groups in total. The molecule has 1 aliphatic rings. The minimum Gasteiger partial charge on any atom is -0.355 e. The first-order valence-electron chi connectivity index (χ1n) is 5.84. The molecular formula is C12H18N2OS. The second-order valence-corrected chi connectivity index (χ2v) is 5.14. The summed E-state index contributed by atoms with van der Waals surface area (Å²) in [6.45, 7) is 3.07. The monoisotopic (exact) mass is 238 g/mol. The van der Waals surface area contributed by atoms with Gasteiger partial charge in [0.25, 0.3) is 0 Å². The normalized spacial score (nSPS) is 17.1. The Bertz CT molecular complexity index is 333. The molecule has 0 bridgehead atoms. The lowest BCUT2D eigenvalue weighted by Gasteiger charge is -2.16. The summed E-state index contributed by atoms with van der Waals surface area (Å²) in [6, 6.07) is 4.60. The van der Waals surface area contributed by atoms with Crippen molar-refractivity contribution in [1.29, 1.82) is 0 Å². The molecule has 1 heterocycles. The van der Waals surface area contributed by atoms with Crippen LogP contribution < -0.4 is 10.6 Å². The Balaban J connectivity index is 1.87. The highest BCUT2D eigenvalue weighted by molar-refractivity contribution is 7.10. The highest BCUT2D eigenvalue weighted by atomic mass is 32.1. The number of carbonyl (C=O) groups is 1. The minimum absolute atomic E-state index is 0.0877. The predicted octanol–water partition coefficient (Wildman–Crippen LogP) is 1.92. The summed E-state index contributed by atoms with van der Waals surface area (Å²) in [6.07, 6.45) is 2.57. The van der Waals surface area contributed by atoms with Gasteiger partial charge in [-0.2, -0.15) is 0 Å². The van der Waals surface area contributed by atoms with Crippen LogP contribution >= 0.6 is 11.3 Å². The molecule has 0 spiro atoms. The van der Waals surface area contributed by atoms with Crippen molar-refractivity contribution in [3.05, 3.63) is 22.4 Å². The second kappa shape index (κ2) is 5.46. The van der Waals surface area contributed by atoms with E-state index in [-0.39, 0.29) is 5.91 Å². The molecule has 1 unspecified atom stereocenters. The first-order valence-corrected chi connectivity index (χ1v) is 6.72. The van der Waals surface area contributed by atoms with Gasteiger partial charge in [0.1, 0.15) is 0 Å². The van der Waals surface area contributed by atoms with Crippen LogP contribution in [0.4, 0.5) is 0 Å². The maximum atomic E-state index is 11.4. The molecule has 0 aromatic carbocycles. The standard InChI is InChI=1S/C12H18N2OS/c1-2-13-11(15)8-14-12(9-5-6-9)10-4-3-7-16-10/h3-4,7,9,12,14H,2,5-6,8H2,1H3,(H,13,15). The third-order valence-corrected chi connectivity index (χ3v) is 3.75. The summed E-state index contributed by atoms with van der Waals surface area (Å²) in [5.41, 5.74) is 0. The van der Waals surface area contributed by atoms with E-state index in [2.05, 4.69) is 28.1 Å². The van der Waals surface area contributed by atoms with Crippen molar-refractivity contribution in [3.63, 3.8) is 0 Å². The molecule has 1 aliphatic carbocycles. The zero-order chi connectivity index (χ0) is 11.4. The predicted molar refractivity (Wildman–Crippen MR) is 66.5 cm³/mol. The summed E-state index contributed by atoms with van der Waals surface area (Å²) in [5.74, 6) is 0.817. The van der Waals surface area contributed by atoms with Crippen LogP contribution in [-0.4, -0.2) is 19.0 Å². The quantitative estimate of drug-likeness (QED) is 0.795. The van der Waals surface area contributed by atoms with Crippen LogP contribution in [0, 0.1) is 5.92 Å². The molecule has 16 heavy (non-hydrogen) atoms. The summed E-state index contributed by atoms with van der Waals surface area (Å²) in [7, 11) is 0. The number of likely N-dealkylation sites (N-methyl/N-ethyl adjacent to an activating group) is 1. The summed E-state index contributed by atoms with van der Waals surface area (Å²) >= 11 is 1.77. The van der Waals surface area contributed by atoms with Gasteiger partial charge < -0.3 is 10.6 Å². The van der Waals surface area contributed by atoms with Gasteiger partial charge in [-0.05, 0) is 37.1 Å². The number of hydrogen-bond donors (Lipinski definition) is 2. The van der Waals surface area contributed by atoms with Crippen LogP contribution in [-0.2, 0) is 4.79 Å². The smallest absolute Gasteiger partial charge is 0.233 e. The third kappa shape index (κ3) is 3.06. The number of carbonyl (C=O) groups excluding carboxylic acids is 1. The van der Waals surface area contributed by atoms with E-state index in [4.69, 9.17) is 0 Å². The van der Waals surface area contributed by atoms with E-state index in [0.29, 0.717) is 19.1 Å². The zero-order valence-electron chi connectivity index (χ0n) is 9.53. The van der Waals surface area contributed by atoms with Gasteiger partial charge >= 0.3 is 0 Å².